The van der Waals surface area contributed by atoms with Crippen molar-refractivity contribution in [2.75, 3.05) is 24.5 Å². The van der Waals surface area contributed by atoms with Crippen molar-refractivity contribution in [1.82, 2.24) is 15.1 Å². The second kappa shape index (κ2) is 11.7. The summed E-state index contributed by atoms with van der Waals surface area (Å²) in [4.78, 5) is 29.7. The van der Waals surface area contributed by atoms with E-state index in [-0.39, 0.29) is 12.0 Å². The van der Waals surface area contributed by atoms with Crippen LogP contribution in [0.25, 0.3) is 22.4 Å². The number of aromatic nitrogens is 2. The molecule has 0 aliphatic carbocycles. The first-order valence-corrected chi connectivity index (χ1v) is 13.9. The fraction of sp³-hybridized carbons (Fsp3) is 0.438. The Morgan fingerprint density at radius 3 is 2.20 bits per heavy atom. The lowest BCUT2D eigenvalue weighted by Crippen LogP contribution is -2.41. The molecule has 216 valence electrons. The molecule has 1 aromatic heterocycles. The molecule has 1 fully saturated rings. The van der Waals surface area contributed by atoms with Crippen molar-refractivity contribution in [2.24, 2.45) is 5.92 Å². The molecule has 0 saturated carbocycles. The Kier molecular flexibility index (Phi) is 8.43. The van der Waals surface area contributed by atoms with Crippen LogP contribution in [0.15, 0.2) is 48.5 Å². The maximum Gasteiger partial charge on any atom is 0.416 e. The molecule has 1 N–H and O–H groups in total. The lowest BCUT2D eigenvalue weighted by molar-refractivity contribution is 0.0288. The molecule has 9 nitrogen and oxygen atoms in total. The third-order valence-corrected chi connectivity index (χ3v) is 6.64. The van der Waals surface area contributed by atoms with Crippen LogP contribution in [0.2, 0.25) is 0 Å². The minimum absolute atomic E-state index is 0.0108. The van der Waals surface area contributed by atoms with Gasteiger partial charge in [0.15, 0.2) is 5.82 Å². The van der Waals surface area contributed by atoms with Crippen molar-refractivity contribution in [3.63, 3.8) is 0 Å². The monoisotopic (exact) mass is 557 g/mol. The molecule has 0 radical (unpaired) electrons. The number of benzene rings is 2. The van der Waals surface area contributed by atoms with Gasteiger partial charge in [-0.1, -0.05) is 42.0 Å². The maximum atomic E-state index is 13.7. The average Bonchev–Trinajstić information content (AvgIpc) is 3.53. The van der Waals surface area contributed by atoms with E-state index in [2.05, 4.69) is 16.3 Å². The Morgan fingerprint density at radius 2 is 1.61 bits per heavy atom. The van der Waals surface area contributed by atoms with Crippen LogP contribution in [0, 0.1) is 24.2 Å². The highest BCUT2D eigenvalue weighted by molar-refractivity contribution is 5.97. The van der Waals surface area contributed by atoms with E-state index in [9.17, 15) is 14.9 Å². The Bertz CT molecular complexity index is 1420. The van der Waals surface area contributed by atoms with Gasteiger partial charge in [0.2, 0.25) is 0 Å². The number of carbonyl (C=O) groups excluding carboxylic acids is 2. The molecule has 1 unspecified atom stereocenters. The molecule has 41 heavy (non-hydrogen) atoms. The number of likely N-dealkylation sites (tertiary alicyclic amines) is 1. The van der Waals surface area contributed by atoms with E-state index in [1.54, 1.807) is 21.9 Å². The minimum atomic E-state index is -0.724. The molecular weight excluding hydrogens is 518 g/mol. The van der Waals surface area contributed by atoms with E-state index in [1.165, 1.54) is 0 Å². The number of aromatic amines is 1. The highest BCUT2D eigenvalue weighted by Gasteiger charge is 2.35. The highest BCUT2D eigenvalue weighted by atomic mass is 16.6. The molecule has 4 rings (SSSR count). The third-order valence-electron chi connectivity index (χ3n) is 6.64. The zero-order chi connectivity index (χ0) is 29.9. The van der Waals surface area contributed by atoms with Crippen molar-refractivity contribution in [2.45, 2.75) is 66.1 Å². The molecule has 0 spiro atoms. The van der Waals surface area contributed by atoms with Gasteiger partial charge < -0.3 is 14.4 Å². The first kappa shape index (κ1) is 29.7. The predicted octanol–water partition coefficient (Wildman–Crippen LogP) is 6.92. The Balaban J connectivity index is 1.74. The van der Waals surface area contributed by atoms with Gasteiger partial charge in [0, 0.05) is 25.2 Å². The van der Waals surface area contributed by atoms with Crippen LogP contribution in [0.3, 0.4) is 0 Å². The number of nitriles is 1. The smallest absolute Gasteiger partial charge is 0.416 e. The van der Waals surface area contributed by atoms with Gasteiger partial charge in [0.05, 0.1) is 22.9 Å². The molecule has 1 aliphatic heterocycles. The summed E-state index contributed by atoms with van der Waals surface area (Å²) in [6, 6.07) is 17.4. The fourth-order valence-electron chi connectivity index (χ4n) is 4.74. The van der Waals surface area contributed by atoms with Gasteiger partial charge in [-0.2, -0.15) is 10.4 Å². The van der Waals surface area contributed by atoms with Crippen molar-refractivity contribution in [3.8, 4) is 28.5 Å². The van der Waals surface area contributed by atoms with Crippen LogP contribution in [-0.2, 0) is 9.47 Å². The predicted molar refractivity (Wildman–Crippen MR) is 158 cm³/mol. The summed E-state index contributed by atoms with van der Waals surface area (Å²) < 4.78 is 11.4. The third kappa shape index (κ3) is 7.46. The normalized spacial score (nSPS) is 15.4. The topological polar surface area (TPSA) is 112 Å². The number of rotatable bonds is 5. The largest absolute Gasteiger partial charge is 0.444 e. The second-order valence-corrected chi connectivity index (χ2v) is 12.5. The maximum absolute atomic E-state index is 13.7. The van der Waals surface area contributed by atoms with E-state index >= 15 is 0 Å². The number of aryl methyl sites for hydroxylation is 1. The lowest BCUT2D eigenvalue weighted by Gasteiger charge is -2.29. The molecule has 3 aromatic rings. The summed E-state index contributed by atoms with van der Waals surface area (Å²) in [6.45, 7) is 14.3. The van der Waals surface area contributed by atoms with Crippen LogP contribution < -0.4 is 4.90 Å². The van der Waals surface area contributed by atoms with Gasteiger partial charge in [-0.25, -0.2) is 9.59 Å². The number of carbonyl (C=O) groups is 2. The molecule has 1 saturated heterocycles. The second-order valence-electron chi connectivity index (χ2n) is 12.5. The van der Waals surface area contributed by atoms with Crippen molar-refractivity contribution >= 4 is 18.0 Å². The van der Waals surface area contributed by atoms with Crippen LogP contribution in [0.4, 0.5) is 15.4 Å². The van der Waals surface area contributed by atoms with Crippen LogP contribution >= 0.6 is 0 Å². The average molecular weight is 558 g/mol. The number of anilines is 1. The first-order chi connectivity index (χ1) is 19.2. The quantitative estimate of drug-likeness (QED) is 0.364. The molecule has 2 amide bonds. The fourth-order valence-corrected chi connectivity index (χ4v) is 4.74. The number of nitrogens with zero attached hydrogens (tertiary/aromatic N) is 4. The van der Waals surface area contributed by atoms with Crippen molar-refractivity contribution in [3.05, 3.63) is 59.7 Å². The van der Waals surface area contributed by atoms with E-state index in [1.807, 2.05) is 84.9 Å². The SMILES string of the molecule is Cc1ccc(-c2[nH]nc(N(CC3CCN(C(=O)OC(C)(C)C)C3)C(=O)OC(C)(C)C)c2-c2ccc(C#N)cc2)cc1. The zero-order valence-corrected chi connectivity index (χ0v) is 24.9. The highest BCUT2D eigenvalue weighted by Crippen LogP contribution is 2.39. The van der Waals surface area contributed by atoms with Gasteiger partial charge in [-0.15, -0.1) is 0 Å². The van der Waals surface area contributed by atoms with E-state index in [0.717, 1.165) is 27.9 Å². The van der Waals surface area contributed by atoms with Crippen LogP contribution in [0.1, 0.15) is 59.1 Å². The van der Waals surface area contributed by atoms with Gasteiger partial charge in [-0.3, -0.25) is 10.00 Å². The number of hydrogen-bond donors (Lipinski definition) is 1. The van der Waals surface area contributed by atoms with E-state index in [4.69, 9.17) is 9.47 Å². The van der Waals surface area contributed by atoms with Gasteiger partial charge in [-0.05, 0) is 78.5 Å². The number of nitrogens with one attached hydrogen (secondary N) is 1. The summed E-state index contributed by atoms with van der Waals surface area (Å²) in [6.07, 6.45) is -0.173. The van der Waals surface area contributed by atoms with Crippen LogP contribution in [0.5, 0.6) is 0 Å². The molecule has 0 bridgehead atoms. The summed E-state index contributed by atoms with van der Waals surface area (Å²) in [7, 11) is 0. The van der Waals surface area contributed by atoms with E-state index in [0.29, 0.717) is 37.4 Å². The standard InChI is InChI=1S/C32H39N5O4/c1-21-8-12-25(13-9-21)27-26(24-14-10-22(18-33)11-15-24)28(35-34-27)37(30(39)41-32(5,6)7)20-23-16-17-36(19-23)29(38)40-31(2,3)4/h8-15,23H,16-17,19-20H2,1-7H3,(H,34,35). The Hall–Kier alpha value is -4.32. The Labute approximate surface area is 242 Å². The van der Waals surface area contributed by atoms with Gasteiger partial charge in [0.25, 0.3) is 0 Å². The first-order valence-electron chi connectivity index (χ1n) is 13.9. The molecule has 9 heteroatoms. The summed E-state index contributed by atoms with van der Waals surface area (Å²) in [5.41, 5.74) is 3.54. The zero-order valence-electron chi connectivity index (χ0n) is 24.9. The lowest BCUT2D eigenvalue weighted by atomic mass is 9.98. The van der Waals surface area contributed by atoms with Crippen LogP contribution in [-0.4, -0.2) is 58.1 Å². The minimum Gasteiger partial charge on any atom is -0.444 e. The molecule has 2 heterocycles. The van der Waals surface area contributed by atoms with Crippen molar-refractivity contribution < 1.29 is 19.1 Å². The van der Waals surface area contributed by atoms with E-state index < -0.39 is 17.3 Å². The summed E-state index contributed by atoms with van der Waals surface area (Å²) in [5.74, 6) is 0.415. The number of ether oxygens (including phenoxy) is 2. The summed E-state index contributed by atoms with van der Waals surface area (Å²) >= 11 is 0. The number of hydrogen-bond acceptors (Lipinski definition) is 6. The number of amides is 2. The Morgan fingerprint density at radius 1 is 1.00 bits per heavy atom. The number of H-pyrrole nitrogens is 1. The van der Waals surface area contributed by atoms with Gasteiger partial charge >= 0.3 is 12.2 Å². The molecule has 1 atom stereocenters. The molecule has 1 aliphatic rings. The van der Waals surface area contributed by atoms with Gasteiger partial charge in [0.1, 0.15) is 11.2 Å². The summed E-state index contributed by atoms with van der Waals surface area (Å²) in [5, 5.41) is 17.2. The molecular formula is C32H39N5O4. The molecule has 2 aromatic carbocycles. The van der Waals surface area contributed by atoms with Crippen molar-refractivity contribution in [1.29, 1.82) is 5.26 Å².